The van der Waals surface area contributed by atoms with Crippen LogP contribution in [0.15, 0.2) is 33.3 Å². The van der Waals surface area contributed by atoms with Gasteiger partial charge in [0.25, 0.3) is 0 Å². The monoisotopic (exact) mass is 454 g/mol. The van der Waals surface area contributed by atoms with E-state index in [1.807, 2.05) is 23.9 Å². The zero-order chi connectivity index (χ0) is 19.9. The SMILES string of the molecule is CNCc1c(-c2ccnn2C(C)C)oc2cc(N(C)S(C)(=O)=O)c(Br)cc12. The van der Waals surface area contributed by atoms with E-state index in [0.717, 1.165) is 22.4 Å². The number of halogens is 1. The quantitative estimate of drug-likeness (QED) is 0.613. The van der Waals surface area contributed by atoms with E-state index < -0.39 is 10.0 Å². The van der Waals surface area contributed by atoms with Crippen LogP contribution >= 0.6 is 15.9 Å². The van der Waals surface area contributed by atoms with Crippen molar-refractivity contribution in [2.75, 3.05) is 24.7 Å². The normalized spacial score (nSPS) is 12.3. The molecule has 146 valence electrons. The molecule has 2 heterocycles. The van der Waals surface area contributed by atoms with Gasteiger partial charge >= 0.3 is 0 Å². The lowest BCUT2D eigenvalue weighted by molar-refractivity contribution is 0.524. The molecule has 1 aromatic carbocycles. The molecule has 3 rings (SSSR count). The number of sulfonamides is 1. The predicted octanol–water partition coefficient (Wildman–Crippen LogP) is 3.75. The van der Waals surface area contributed by atoms with E-state index in [1.54, 1.807) is 12.3 Å². The maximum atomic E-state index is 12.0. The summed E-state index contributed by atoms with van der Waals surface area (Å²) < 4.78 is 33.9. The van der Waals surface area contributed by atoms with Gasteiger partial charge in [-0.3, -0.25) is 8.99 Å². The number of hydrogen-bond acceptors (Lipinski definition) is 5. The van der Waals surface area contributed by atoms with Crippen molar-refractivity contribution in [2.45, 2.75) is 26.4 Å². The van der Waals surface area contributed by atoms with Gasteiger partial charge in [0.15, 0.2) is 5.76 Å². The van der Waals surface area contributed by atoms with E-state index in [4.69, 9.17) is 4.42 Å². The fourth-order valence-corrected chi connectivity index (χ4v) is 4.28. The summed E-state index contributed by atoms with van der Waals surface area (Å²) in [7, 11) is 0.0129. The highest BCUT2D eigenvalue weighted by atomic mass is 79.9. The number of nitrogens with one attached hydrogen (secondary N) is 1. The Kier molecular flexibility index (Phi) is 5.38. The lowest BCUT2D eigenvalue weighted by Gasteiger charge is -2.18. The fourth-order valence-electron chi connectivity index (χ4n) is 3.04. The van der Waals surface area contributed by atoms with Gasteiger partial charge in [-0.2, -0.15) is 5.10 Å². The molecule has 0 radical (unpaired) electrons. The zero-order valence-corrected chi connectivity index (χ0v) is 18.3. The molecule has 0 unspecified atom stereocenters. The van der Waals surface area contributed by atoms with E-state index in [2.05, 4.69) is 40.2 Å². The third-order valence-corrected chi connectivity index (χ3v) is 6.27. The van der Waals surface area contributed by atoms with Crippen LogP contribution in [0.4, 0.5) is 5.69 Å². The van der Waals surface area contributed by atoms with Gasteiger partial charge in [-0.1, -0.05) is 0 Å². The lowest BCUT2D eigenvalue weighted by atomic mass is 10.1. The van der Waals surface area contributed by atoms with E-state index in [1.165, 1.54) is 17.6 Å². The van der Waals surface area contributed by atoms with Crippen molar-refractivity contribution in [3.63, 3.8) is 0 Å². The minimum atomic E-state index is -3.39. The molecule has 0 saturated carbocycles. The summed E-state index contributed by atoms with van der Waals surface area (Å²) in [5.41, 5.74) is 3.05. The highest BCUT2D eigenvalue weighted by molar-refractivity contribution is 9.10. The van der Waals surface area contributed by atoms with Gasteiger partial charge in [0, 0.05) is 47.3 Å². The molecule has 0 aliphatic heterocycles. The van der Waals surface area contributed by atoms with Gasteiger partial charge in [-0.25, -0.2) is 8.42 Å². The Morgan fingerprint density at radius 1 is 1.37 bits per heavy atom. The Labute approximate surface area is 167 Å². The predicted molar refractivity (Wildman–Crippen MR) is 112 cm³/mol. The molecule has 27 heavy (non-hydrogen) atoms. The molecule has 0 saturated heterocycles. The van der Waals surface area contributed by atoms with Crippen LogP contribution in [0.5, 0.6) is 0 Å². The van der Waals surface area contributed by atoms with E-state index in [9.17, 15) is 8.42 Å². The molecule has 2 aromatic heterocycles. The second-order valence-corrected chi connectivity index (χ2v) is 9.59. The molecule has 9 heteroatoms. The third kappa shape index (κ3) is 3.63. The Morgan fingerprint density at radius 3 is 2.67 bits per heavy atom. The van der Waals surface area contributed by atoms with Gasteiger partial charge in [0.05, 0.1) is 11.9 Å². The molecular formula is C18H23BrN4O3S. The van der Waals surface area contributed by atoms with Gasteiger partial charge in [0.1, 0.15) is 11.3 Å². The topological polar surface area (TPSA) is 80.4 Å². The Morgan fingerprint density at radius 2 is 2.07 bits per heavy atom. The molecule has 0 atom stereocenters. The number of fused-ring (bicyclic) bond motifs is 1. The van der Waals surface area contributed by atoms with Crippen LogP contribution in [0.25, 0.3) is 22.4 Å². The second kappa shape index (κ2) is 7.29. The molecule has 0 bridgehead atoms. The number of nitrogens with zero attached hydrogens (tertiary/aromatic N) is 3. The number of hydrogen-bond donors (Lipinski definition) is 1. The maximum Gasteiger partial charge on any atom is 0.232 e. The average molecular weight is 455 g/mol. The maximum absolute atomic E-state index is 12.0. The van der Waals surface area contributed by atoms with Crippen LogP contribution < -0.4 is 9.62 Å². The minimum Gasteiger partial charge on any atom is -0.454 e. The Hall–Kier alpha value is -1.84. The standard InChI is InChI=1S/C18H23BrN4O3S/c1-11(2)23-15(6-7-21-23)18-13(10-20-3)12-8-14(19)16(9-17(12)26-18)22(4)27(5,24)25/h6-9,11,20H,10H2,1-5H3. The molecule has 0 spiro atoms. The Bertz CT molecular complexity index is 1090. The summed E-state index contributed by atoms with van der Waals surface area (Å²) in [5, 5.41) is 8.51. The molecular weight excluding hydrogens is 432 g/mol. The minimum absolute atomic E-state index is 0.185. The molecule has 1 N–H and O–H groups in total. The Balaban J connectivity index is 2.27. The van der Waals surface area contributed by atoms with Crippen LogP contribution in [-0.2, 0) is 16.6 Å². The number of anilines is 1. The first kappa shape index (κ1) is 19.9. The summed E-state index contributed by atoms with van der Waals surface area (Å²) in [4.78, 5) is 0. The number of benzene rings is 1. The van der Waals surface area contributed by atoms with Crippen molar-refractivity contribution in [3.8, 4) is 11.5 Å². The summed E-state index contributed by atoms with van der Waals surface area (Å²) >= 11 is 3.51. The molecule has 0 aliphatic carbocycles. The van der Waals surface area contributed by atoms with Gasteiger partial charge < -0.3 is 9.73 Å². The van der Waals surface area contributed by atoms with Crippen LogP contribution in [0.2, 0.25) is 0 Å². The first-order valence-electron chi connectivity index (χ1n) is 8.52. The molecule has 7 nitrogen and oxygen atoms in total. The second-order valence-electron chi connectivity index (χ2n) is 6.73. The van der Waals surface area contributed by atoms with E-state index in [0.29, 0.717) is 22.3 Å². The van der Waals surface area contributed by atoms with Crippen LogP contribution in [0.1, 0.15) is 25.5 Å². The third-order valence-electron chi connectivity index (χ3n) is 4.44. The lowest BCUT2D eigenvalue weighted by Crippen LogP contribution is -2.25. The van der Waals surface area contributed by atoms with Crippen molar-refractivity contribution in [2.24, 2.45) is 0 Å². The van der Waals surface area contributed by atoms with Crippen molar-refractivity contribution in [1.29, 1.82) is 0 Å². The van der Waals surface area contributed by atoms with Crippen LogP contribution in [0, 0.1) is 0 Å². The molecule has 0 amide bonds. The van der Waals surface area contributed by atoms with Crippen LogP contribution in [0.3, 0.4) is 0 Å². The van der Waals surface area contributed by atoms with Crippen molar-refractivity contribution < 1.29 is 12.8 Å². The zero-order valence-electron chi connectivity index (χ0n) is 15.9. The number of rotatable bonds is 6. The van der Waals surface area contributed by atoms with Crippen LogP contribution in [-0.4, -0.2) is 38.5 Å². The molecule has 0 aliphatic rings. The van der Waals surface area contributed by atoms with E-state index >= 15 is 0 Å². The smallest absolute Gasteiger partial charge is 0.232 e. The summed E-state index contributed by atoms with van der Waals surface area (Å²) in [6.45, 7) is 4.73. The summed E-state index contributed by atoms with van der Waals surface area (Å²) in [6.07, 6.45) is 2.93. The highest BCUT2D eigenvalue weighted by Crippen LogP contribution is 2.39. The molecule has 0 fully saturated rings. The summed E-state index contributed by atoms with van der Waals surface area (Å²) in [6, 6.07) is 5.76. The fraction of sp³-hybridized carbons (Fsp3) is 0.389. The number of aromatic nitrogens is 2. The average Bonchev–Trinajstić information content (AvgIpc) is 3.18. The first-order chi connectivity index (χ1) is 12.6. The van der Waals surface area contributed by atoms with Crippen molar-refractivity contribution >= 4 is 42.6 Å². The van der Waals surface area contributed by atoms with E-state index in [-0.39, 0.29) is 6.04 Å². The number of furan rings is 1. The van der Waals surface area contributed by atoms with Gasteiger partial charge in [-0.05, 0) is 49.0 Å². The summed E-state index contributed by atoms with van der Waals surface area (Å²) in [5.74, 6) is 0.733. The van der Waals surface area contributed by atoms with Crippen molar-refractivity contribution in [1.82, 2.24) is 15.1 Å². The largest absolute Gasteiger partial charge is 0.454 e. The molecule has 3 aromatic rings. The first-order valence-corrected chi connectivity index (χ1v) is 11.2. The van der Waals surface area contributed by atoms with Gasteiger partial charge in [0.2, 0.25) is 10.0 Å². The van der Waals surface area contributed by atoms with Crippen molar-refractivity contribution in [3.05, 3.63) is 34.4 Å². The highest BCUT2D eigenvalue weighted by Gasteiger charge is 2.23. The van der Waals surface area contributed by atoms with Gasteiger partial charge in [-0.15, -0.1) is 0 Å².